The van der Waals surface area contributed by atoms with Crippen LogP contribution in [0.5, 0.6) is 11.5 Å². The summed E-state index contributed by atoms with van der Waals surface area (Å²) < 4.78 is 12.6. The number of methoxy groups -OCH3 is 2. The maximum absolute atomic E-state index is 13.9. The zero-order chi connectivity index (χ0) is 26.6. The van der Waals surface area contributed by atoms with E-state index in [1.165, 1.54) is 0 Å². The van der Waals surface area contributed by atoms with Gasteiger partial charge in [0.1, 0.15) is 11.9 Å². The standard InChI is InChI=1S/C30H32N4O4/c1-20-29-32-23-11-7-8-12-24(23)34(29)25(30(36)33(20)19-22-9-5-4-6-10-22)18-28(35)31-16-15-21-13-14-26(37-2)27(17-21)38-3/h4-14,17,20,25H,15-16,18-19H2,1-3H3,(H,31,35)/t20-,25+/m1/s1. The van der Waals surface area contributed by atoms with Crippen LogP contribution < -0.4 is 14.8 Å². The Kier molecular flexibility index (Phi) is 7.31. The molecule has 0 fully saturated rings. The van der Waals surface area contributed by atoms with Crippen molar-refractivity contribution < 1.29 is 19.1 Å². The number of imidazole rings is 1. The number of fused-ring (bicyclic) bond motifs is 3. The van der Waals surface area contributed by atoms with Crippen molar-refractivity contribution in [3.05, 3.63) is 89.7 Å². The fourth-order valence-corrected chi connectivity index (χ4v) is 5.12. The third-order valence-corrected chi connectivity index (χ3v) is 7.10. The van der Waals surface area contributed by atoms with Gasteiger partial charge < -0.3 is 24.3 Å². The first-order valence-corrected chi connectivity index (χ1v) is 12.8. The SMILES string of the molecule is COc1ccc(CCNC(=O)C[C@H]2C(=O)N(Cc3ccccc3)[C@H](C)c3nc4ccccc4n32)cc1OC. The molecule has 2 atom stereocenters. The minimum absolute atomic E-state index is 0.0378. The molecule has 0 spiro atoms. The van der Waals surface area contributed by atoms with Crippen LogP contribution in [-0.4, -0.2) is 47.0 Å². The minimum Gasteiger partial charge on any atom is -0.493 e. The normalized spacial score (nSPS) is 16.8. The van der Waals surface area contributed by atoms with Crippen molar-refractivity contribution in [3.8, 4) is 11.5 Å². The zero-order valence-corrected chi connectivity index (χ0v) is 21.9. The molecule has 0 saturated carbocycles. The molecule has 1 aliphatic heterocycles. The molecule has 0 bridgehead atoms. The highest BCUT2D eigenvalue weighted by Gasteiger charge is 2.40. The van der Waals surface area contributed by atoms with E-state index in [-0.39, 0.29) is 24.3 Å². The molecule has 0 saturated heterocycles. The zero-order valence-electron chi connectivity index (χ0n) is 21.9. The van der Waals surface area contributed by atoms with Gasteiger partial charge in [0.15, 0.2) is 11.5 Å². The number of para-hydroxylation sites is 2. The molecule has 1 aromatic heterocycles. The second kappa shape index (κ2) is 11.0. The highest BCUT2D eigenvalue weighted by atomic mass is 16.5. The van der Waals surface area contributed by atoms with E-state index >= 15 is 0 Å². The summed E-state index contributed by atoms with van der Waals surface area (Å²) in [5.41, 5.74) is 3.74. The van der Waals surface area contributed by atoms with Crippen LogP contribution in [0.4, 0.5) is 0 Å². The molecular formula is C30H32N4O4. The number of nitrogens with one attached hydrogen (secondary N) is 1. The Morgan fingerprint density at radius 3 is 2.45 bits per heavy atom. The van der Waals surface area contributed by atoms with E-state index < -0.39 is 6.04 Å². The van der Waals surface area contributed by atoms with Gasteiger partial charge in [-0.25, -0.2) is 4.98 Å². The van der Waals surface area contributed by atoms with Crippen LogP contribution in [0.15, 0.2) is 72.8 Å². The Balaban J connectivity index is 1.35. The summed E-state index contributed by atoms with van der Waals surface area (Å²) in [6.07, 6.45) is 0.664. The van der Waals surface area contributed by atoms with Gasteiger partial charge in [0, 0.05) is 13.1 Å². The van der Waals surface area contributed by atoms with E-state index in [0.717, 1.165) is 28.0 Å². The van der Waals surface area contributed by atoms with Gasteiger partial charge in [-0.2, -0.15) is 0 Å². The summed E-state index contributed by atoms with van der Waals surface area (Å²) in [7, 11) is 3.20. The highest BCUT2D eigenvalue weighted by molar-refractivity contribution is 5.90. The quantitative estimate of drug-likeness (QED) is 0.358. The summed E-state index contributed by atoms with van der Waals surface area (Å²) >= 11 is 0. The molecule has 8 nitrogen and oxygen atoms in total. The van der Waals surface area contributed by atoms with Crippen molar-refractivity contribution in [2.45, 2.75) is 38.4 Å². The smallest absolute Gasteiger partial charge is 0.247 e. The molecule has 5 rings (SSSR count). The van der Waals surface area contributed by atoms with Gasteiger partial charge in [0.05, 0.1) is 37.7 Å². The highest BCUT2D eigenvalue weighted by Crippen LogP contribution is 2.37. The van der Waals surface area contributed by atoms with Gasteiger partial charge in [-0.1, -0.05) is 48.5 Å². The Bertz CT molecular complexity index is 1450. The summed E-state index contributed by atoms with van der Waals surface area (Å²) in [4.78, 5) is 33.7. The van der Waals surface area contributed by atoms with Gasteiger partial charge in [-0.15, -0.1) is 0 Å². The maximum Gasteiger partial charge on any atom is 0.247 e. The van der Waals surface area contributed by atoms with Crippen molar-refractivity contribution >= 4 is 22.8 Å². The molecule has 38 heavy (non-hydrogen) atoms. The number of nitrogens with zero attached hydrogens (tertiary/aromatic N) is 3. The van der Waals surface area contributed by atoms with E-state index in [4.69, 9.17) is 14.5 Å². The van der Waals surface area contributed by atoms with Crippen molar-refractivity contribution in [2.75, 3.05) is 20.8 Å². The lowest BCUT2D eigenvalue weighted by atomic mass is 10.0. The topological polar surface area (TPSA) is 85.7 Å². The summed E-state index contributed by atoms with van der Waals surface area (Å²) in [5, 5.41) is 3.00. The number of hydrogen-bond donors (Lipinski definition) is 1. The third kappa shape index (κ3) is 4.94. The molecule has 0 aliphatic carbocycles. The number of rotatable bonds is 9. The van der Waals surface area contributed by atoms with Gasteiger partial charge in [0.2, 0.25) is 11.8 Å². The number of amides is 2. The molecule has 2 amide bonds. The van der Waals surface area contributed by atoms with Crippen molar-refractivity contribution in [2.24, 2.45) is 0 Å². The molecule has 0 unspecified atom stereocenters. The van der Waals surface area contributed by atoms with E-state index in [0.29, 0.717) is 31.0 Å². The van der Waals surface area contributed by atoms with Crippen molar-refractivity contribution in [1.29, 1.82) is 0 Å². The molecule has 1 N–H and O–H groups in total. The van der Waals surface area contributed by atoms with Crippen molar-refractivity contribution in [1.82, 2.24) is 19.8 Å². The van der Waals surface area contributed by atoms with Crippen LogP contribution >= 0.6 is 0 Å². The van der Waals surface area contributed by atoms with Crippen LogP contribution in [0.25, 0.3) is 11.0 Å². The van der Waals surface area contributed by atoms with Gasteiger partial charge in [-0.3, -0.25) is 9.59 Å². The van der Waals surface area contributed by atoms with Gasteiger partial charge >= 0.3 is 0 Å². The monoisotopic (exact) mass is 512 g/mol. The fraction of sp³-hybridized carbons (Fsp3) is 0.300. The molecule has 4 aromatic rings. The third-order valence-electron chi connectivity index (χ3n) is 7.10. The van der Waals surface area contributed by atoms with E-state index in [1.54, 1.807) is 14.2 Å². The number of carbonyl (C=O) groups excluding carboxylic acids is 2. The Hall–Kier alpha value is -4.33. The predicted octanol–water partition coefficient (Wildman–Crippen LogP) is 4.45. The average Bonchev–Trinajstić information content (AvgIpc) is 3.33. The number of carbonyl (C=O) groups is 2. The van der Waals surface area contributed by atoms with Crippen LogP contribution in [0.3, 0.4) is 0 Å². The molecule has 196 valence electrons. The lowest BCUT2D eigenvalue weighted by molar-refractivity contribution is -0.142. The van der Waals surface area contributed by atoms with Crippen LogP contribution in [0, 0.1) is 0 Å². The lowest BCUT2D eigenvalue weighted by Gasteiger charge is -2.38. The largest absolute Gasteiger partial charge is 0.493 e. The second-order valence-corrected chi connectivity index (χ2v) is 9.47. The summed E-state index contributed by atoms with van der Waals surface area (Å²) in [5.74, 6) is 1.85. The minimum atomic E-state index is -0.668. The molecule has 3 aromatic carbocycles. The number of ether oxygens (including phenoxy) is 2. The Labute approximate surface area is 222 Å². The molecule has 1 aliphatic rings. The second-order valence-electron chi connectivity index (χ2n) is 9.47. The summed E-state index contributed by atoms with van der Waals surface area (Å²) in [6.45, 7) is 2.90. The first-order chi connectivity index (χ1) is 18.5. The van der Waals surface area contributed by atoms with Gasteiger partial charge in [0.25, 0.3) is 0 Å². The Morgan fingerprint density at radius 1 is 0.947 bits per heavy atom. The van der Waals surface area contributed by atoms with E-state index in [2.05, 4.69) is 5.32 Å². The first kappa shape index (κ1) is 25.3. The van der Waals surface area contributed by atoms with Crippen LogP contribution in [0.2, 0.25) is 0 Å². The van der Waals surface area contributed by atoms with E-state index in [9.17, 15) is 9.59 Å². The number of hydrogen-bond acceptors (Lipinski definition) is 5. The van der Waals surface area contributed by atoms with Crippen molar-refractivity contribution in [3.63, 3.8) is 0 Å². The predicted molar refractivity (Wildman–Crippen MR) is 145 cm³/mol. The first-order valence-electron chi connectivity index (χ1n) is 12.8. The molecule has 2 heterocycles. The molecule has 0 radical (unpaired) electrons. The maximum atomic E-state index is 13.9. The van der Waals surface area contributed by atoms with E-state index in [1.807, 2.05) is 89.2 Å². The number of benzene rings is 3. The Morgan fingerprint density at radius 2 is 1.68 bits per heavy atom. The van der Waals surface area contributed by atoms with Crippen LogP contribution in [-0.2, 0) is 22.6 Å². The average molecular weight is 513 g/mol. The number of aromatic nitrogens is 2. The van der Waals surface area contributed by atoms with Gasteiger partial charge in [-0.05, 0) is 48.7 Å². The fourth-order valence-electron chi connectivity index (χ4n) is 5.12. The summed E-state index contributed by atoms with van der Waals surface area (Å²) in [6, 6.07) is 22.5. The lowest BCUT2D eigenvalue weighted by Crippen LogP contribution is -2.46. The molecule has 8 heteroatoms. The molecular weight excluding hydrogens is 480 g/mol. The van der Waals surface area contributed by atoms with Crippen LogP contribution in [0.1, 0.15) is 42.4 Å².